The Kier molecular flexibility index (Phi) is 3.69. The average Bonchev–Trinajstić information content (AvgIpc) is 2.33. The number of primary amides is 1. The number of nitrogens with zero attached hydrogens (tertiary/aromatic N) is 1. The average molecular weight is 261 g/mol. The number of nitrogen functional groups attached to an aromatic ring is 1. The van der Waals surface area contributed by atoms with Gasteiger partial charge in [-0.2, -0.15) is 0 Å². The van der Waals surface area contributed by atoms with Gasteiger partial charge in [0.25, 0.3) is 5.91 Å². The van der Waals surface area contributed by atoms with Gasteiger partial charge in [0.15, 0.2) is 0 Å². The summed E-state index contributed by atoms with van der Waals surface area (Å²) in [5, 5.41) is 0. The number of piperidine rings is 1. The molecule has 1 saturated heterocycles. The molecule has 19 heavy (non-hydrogen) atoms. The maximum atomic E-state index is 11.6. The minimum atomic E-state index is -0.395. The van der Waals surface area contributed by atoms with Crippen molar-refractivity contribution in [2.45, 2.75) is 33.2 Å². The Morgan fingerprint density at radius 1 is 1.32 bits per heavy atom. The van der Waals surface area contributed by atoms with Crippen LogP contribution in [-0.4, -0.2) is 18.5 Å². The summed E-state index contributed by atoms with van der Waals surface area (Å²) in [4.78, 5) is 13.9. The van der Waals surface area contributed by atoms with Gasteiger partial charge in [0.2, 0.25) is 0 Å². The van der Waals surface area contributed by atoms with Gasteiger partial charge < -0.3 is 16.4 Å². The molecular formula is C15H23N3O. The lowest BCUT2D eigenvalue weighted by atomic mass is 9.85. The van der Waals surface area contributed by atoms with Crippen molar-refractivity contribution in [2.24, 2.45) is 17.6 Å². The van der Waals surface area contributed by atoms with Crippen molar-refractivity contribution in [1.29, 1.82) is 0 Å². The minimum absolute atomic E-state index is 0.385. The van der Waals surface area contributed by atoms with E-state index in [0.717, 1.165) is 12.2 Å². The van der Waals surface area contributed by atoms with Crippen LogP contribution in [0.2, 0.25) is 0 Å². The van der Waals surface area contributed by atoms with E-state index in [9.17, 15) is 4.79 Å². The third-order valence-corrected chi connectivity index (χ3v) is 4.19. The van der Waals surface area contributed by atoms with Crippen molar-refractivity contribution in [3.8, 4) is 0 Å². The quantitative estimate of drug-likeness (QED) is 0.802. The molecule has 4 heteroatoms. The van der Waals surface area contributed by atoms with Crippen LogP contribution in [0, 0.1) is 11.8 Å². The molecule has 0 saturated carbocycles. The van der Waals surface area contributed by atoms with Gasteiger partial charge in [-0.3, -0.25) is 4.79 Å². The largest absolute Gasteiger partial charge is 0.399 e. The van der Waals surface area contributed by atoms with E-state index >= 15 is 0 Å². The minimum Gasteiger partial charge on any atom is -0.399 e. The molecule has 3 atom stereocenters. The zero-order valence-corrected chi connectivity index (χ0v) is 11.9. The highest BCUT2D eigenvalue weighted by molar-refractivity contribution is 5.99. The Labute approximate surface area is 114 Å². The van der Waals surface area contributed by atoms with E-state index in [0.29, 0.717) is 29.1 Å². The second-order valence-electron chi connectivity index (χ2n) is 5.85. The summed E-state index contributed by atoms with van der Waals surface area (Å²) in [5.41, 5.74) is 13.4. The summed E-state index contributed by atoms with van der Waals surface area (Å²) in [5.74, 6) is 0.798. The van der Waals surface area contributed by atoms with Crippen LogP contribution < -0.4 is 16.4 Å². The summed E-state index contributed by atoms with van der Waals surface area (Å²) in [6.07, 6.45) is 1.21. The van der Waals surface area contributed by atoms with Gasteiger partial charge in [-0.05, 0) is 43.4 Å². The van der Waals surface area contributed by atoms with Crippen LogP contribution in [0.3, 0.4) is 0 Å². The molecule has 1 aromatic rings. The maximum absolute atomic E-state index is 11.6. The number of amides is 1. The van der Waals surface area contributed by atoms with E-state index in [1.54, 1.807) is 12.1 Å². The second kappa shape index (κ2) is 5.11. The van der Waals surface area contributed by atoms with Crippen molar-refractivity contribution >= 4 is 17.3 Å². The first kappa shape index (κ1) is 13.7. The Balaban J connectivity index is 2.44. The van der Waals surface area contributed by atoms with Crippen LogP contribution in [0.4, 0.5) is 11.4 Å². The molecule has 0 aromatic heterocycles. The van der Waals surface area contributed by atoms with Crippen molar-refractivity contribution < 1.29 is 4.79 Å². The SMILES string of the molecule is CC1CC(C)C(C)N(c2cc(N)ccc2C(N)=O)C1. The van der Waals surface area contributed by atoms with E-state index in [4.69, 9.17) is 11.5 Å². The molecule has 0 aliphatic carbocycles. The first-order valence-corrected chi connectivity index (χ1v) is 6.86. The first-order chi connectivity index (χ1) is 8.90. The van der Waals surface area contributed by atoms with Crippen LogP contribution in [0.1, 0.15) is 37.6 Å². The van der Waals surface area contributed by atoms with Crippen LogP contribution >= 0.6 is 0 Å². The van der Waals surface area contributed by atoms with Gasteiger partial charge in [0.1, 0.15) is 0 Å². The van der Waals surface area contributed by atoms with E-state index in [2.05, 4.69) is 25.7 Å². The lowest BCUT2D eigenvalue weighted by Crippen LogP contribution is -2.46. The van der Waals surface area contributed by atoms with Crippen LogP contribution in [-0.2, 0) is 0 Å². The van der Waals surface area contributed by atoms with Gasteiger partial charge in [0.05, 0.1) is 11.3 Å². The van der Waals surface area contributed by atoms with Crippen LogP contribution in [0.25, 0.3) is 0 Å². The van der Waals surface area contributed by atoms with E-state index in [1.165, 1.54) is 6.42 Å². The molecule has 1 aromatic carbocycles. The smallest absolute Gasteiger partial charge is 0.250 e. The predicted octanol–water partition coefficient (Wildman–Crippen LogP) is 2.24. The first-order valence-electron chi connectivity index (χ1n) is 6.86. The fourth-order valence-electron chi connectivity index (χ4n) is 3.03. The molecule has 0 spiro atoms. The second-order valence-corrected chi connectivity index (χ2v) is 5.85. The van der Waals surface area contributed by atoms with Crippen LogP contribution in [0.15, 0.2) is 18.2 Å². The molecule has 0 radical (unpaired) electrons. The Morgan fingerprint density at radius 3 is 2.63 bits per heavy atom. The Morgan fingerprint density at radius 2 is 2.00 bits per heavy atom. The normalized spacial score (nSPS) is 27.3. The number of hydrogen-bond donors (Lipinski definition) is 2. The molecule has 104 valence electrons. The molecule has 4 nitrogen and oxygen atoms in total. The van der Waals surface area contributed by atoms with Crippen molar-refractivity contribution in [2.75, 3.05) is 17.2 Å². The lowest BCUT2D eigenvalue weighted by Gasteiger charge is -2.43. The zero-order valence-electron chi connectivity index (χ0n) is 11.9. The molecule has 3 unspecified atom stereocenters. The highest BCUT2D eigenvalue weighted by Gasteiger charge is 2.30. The Bertz CT molecular complexity index is 486. The van der Waals surface area contributed by atoms with Crippen LogP contribution in [0.5, 0.6) is 0 Å². The fourth-order valence-corrected chi connectivity index (χ4v) is 3.03. The number of anilines is 2. The number of carbonyl (C=O) groups excluding carboxylic acids is 1. The van der Waals surface area contributed by atoms with Crippen molar-refractivity contribution in [1.82, 2.24) is 0 Å². The van der Waals surface area contributed by atoms with Gasteiger partial charge in [-0.15, -0.1) is 0 Å². The molecule has 0 bridgehead atoms. The van der Waals surface area contributed by atoms with Gasteiger partial charge in [-0.1, -0.05) is 13.8 Å². The summed E-state index contributed by atoms with van der Waals surface area (Å²) >= 11 is 0. The fraction of sp³-hybridized carbons (Fsp3) is 0.533. The molecule has 1 heterocycles. The molecule has 1 aliphatic rings. The standard InChI is InChI=1S/C15H23N3O/c1-9-6-10(2)11(3)18(8-9)14-7-12(16)4-5-13(14)15(17)19/h4-5,7,9-11H,6,8,16H2,1-3H3,(H2,17,19). The van der Waals surface area contributed by atoms with Gasteiger partial charge in [-0.25, -0.2) is 0 Å². The van der Waals surface area contributed by atoms with E-state index in [-0.39, 0.29) is 0 Å². The maximum Gasteiger partial charge on any atom is 0.250 e. The number of benzene rings is 1. The topological polar surface area (TPSA) is 72.3 Å². The molecule has 1 amide bonds. The summed E-state index contributed by atoms with van der Waals surface area (Å²) in [7, 11) is 0. The van der Waals surface area contributed by atoms with E-state index in [1.807, 2.05) is 6.07 Å². The highest BCUT2D eigenvalue weighted by atomic mass is 16.1. The lowest BCUT2D eigenvalue weighted by molar-refractivity contribution is 0.100. The molecule has 1 aliphatic heterocycles. The molecular weight excluding hydrogens is 238 g/mol. The van der Waals surface area contributed by atoms with Crippen molar-refractivity contribution in [3.63, 3.8) is 0 Å². The number of nitrogens with two attached hydrogens (primary N) is 2. The van der Waals surface area contributed by atoms with E-state index < -0.39 is 5.91 Å². The number of hydrogen-bond acceptors (Lipinski definition) is 3. The highest BCUT2D eigenvalue weighted by Crippen LogP contribution is 2.34. The predicted molar refractivity (Wildman–Crippen MR) is 79.1 cm³/mol. The molecule has 4 N–H and O–H groups in total. The van der Waals surface area contributed by atoms with Crippen molar-refractivity contribution in [3.05, 3.63) is 23.8 Å². The summed E-state index contributed by atoms with van der Waals surface area (Å²) < 4.78 is 0. The molecule has 2 rings (SSSR count). The number of rotatable bonds is 2. The zero-order chi connectivity index (χ0) is 14.2. The third kappa shape index (κ3) is 2.67. The summed E-state index contributed by atoms with van der Waals surface area (Å²) in [6.45, 7) is 7.63. The monoisotopic (exact) mass is 261 g/mol. The Hall–Kier alpha value is -1.71. The van der Waals surface area contributed by atoms with Gasteiger partial charge >= 0.3 is 0 Å². The third-order valence-electron chi connectivity index (χ3n) is 4.19. The van der Waals surface area contributed by atoms with Gasteiger partial charge in [0, 0.05) is 18.3 Å². The molecule has 1 fully saturated rings. The number of carbonyl (C=O) groups is 1. The summed E-state index contributed by atoms with van der Waals surface area (Å²) in [6, 6.07) is 5.70.